The number of unbranched alkanes of at least 4 members (excludes halogenated alkanes) is 4. The highest BCUT2D eigenvalue weighted by Gasteiger charge is 2.08. The predicted octanol–water partition coefficient (Wildman–Crippen LogP) is 4.80. The molecule has 1 aromatic rings. The van der Waals surface area contributed by atoms with Crippen LogP contribution >= 0.6 is 0 Å². The molecule has 21 heavy (non-hydrogen) atoms. The molecule has 0 spiro atoms. The van der Waals surface area contributed by atoms with Crippen molar-refractivity contribution >= 4 is 0 Å². The zero-order chi connectivity index (χ0) is 15.3. The van der Waals surface area contributed by atoms with Gasteiger partial charge in [-0.15, -0.1) is 0 Å². The number of benzene rings is 1. The number of aliphatic hydroxyl groups is 1. The van der Waals surface area contributed by atoms with Gasteiger partial charge in [0.2, 0.25) is 0 Å². The van der Waals surface area contributed by atoms with Gasteiger partial charge < -0.3 is 10.4 Å². The maximum Gasteiger partial charge on any atom is 0.0681 e. The molecule has 0 aliphatic carbocycles. The topological polar surface area (TPSA) is 32.3 Å². The Morgan fingerprint density at radius 3 is 2.14 bits per heavy atom. The Bertz CT molecular complexity index is 354. The van der Waals surface area contributed by atoms with Crippen molar-refractivity contribution in [3.8, 4) is 0 Å². The Labute approximate surface area is 131 Å². The number of rotatable bonds is 12. The molecule has 0 aliphatic heterocycles. The average Bonchev–Trinajstić information content (AvgIpc) is 2.52. The summed E-state index contributed by atoms with van der Waals surface area (Å²) >= 11 is 0. The lowest BCUT2D eigenvalue weighted by atomic mass is 10.0. The van der Waals surface area contributed by atoms with Crippen LogP contribution < -0.4 is 5.32 Å². The molecule has 2 heteroatoms. The third-order valence-electron chi connectivity index (χ3n) is 4.08. The molecule has 0 atom stereocenters. The van der Waals surface area contributed by atoms with Gasteiger partial charge in [-0.05, 0) is 24.0 Å². The zero-order valence-corrected chi connectivity index (χ0v) is 13.9. The molecule has 2 N–H and O–H groups in total. The molecule has 0 bridgehead atoms. The minimum Gasteiger partial charge on any atom is -0.392 e. The lowest BCUT2D eigenvalue weighted by Crippen LogP contribution is -2.28. The van der Waals surface area contributed by atoms with Crippen molar-refractivity contribution in [2.75, 3.05) is 0 Å². The van der Waals surface area contributed by atoms with Crippen molar-refractivity contribution in [1.82, 2.24) is 5.32 Å². The number of nitrogens with one attached hydrogen (secondary N) is 1. The second-order valence-corrected chi connectivity index (χ2v) is 6.05. The third-order valence-corrected chi connectivity index (χ3v) is 4.08. The Morgan fingerprint density at radius 1 is 0.952 bits per heavy atom. The van der Waals surface area contributed by atoms with Gasteiger partial charge in [-0.1, -0.05) is 76.6 Å². The maximum absolute atomic E-state index is 9.21. The van der Waals surface area contributed by atoms with Crippen LogP contribution in [0.5, 0.6) is 0 Å². The van der Waals surface area contributed by atoms with Gasteiger partial charge in [0.1, 0.15) is 0 Å². The second-order valence-electron chi connectivity index (χ2n) is 6.05. The Kier molecular flexibility index (Phi) is 10.2. The summed E-state index contributed by atoms with van der Waals surface area (Å²) in [7, 11) is 0. The van der Waals surface area contributed by atoms with Crippen molar-refractivity contribution in [3.05, 3.63) is 35.4 Å². The maximum atomic E-state index is 9.21. The number of hydrogen-bond donors (Lipinski definition) is 2. The summed E-state index contributed by atoms with van der Waals surface area (Å²) < 4.78 is 0. The first-order valence-corrected chi connectivity index (χ1v) is 8.72. The van der Waals surface area contributed by atoms with Gasteiger partial charge in [-0.2, -0.15) is 0 Å². The van der Waals surface area contributed by atoms with Gasteiger partial charge in [0.15, 0.2) is 0 Å². The van der Waals surface area contributed by atoms with E-state index in [0.717, 1.165) is 12.1 Å². The first-order chi connectivity index (χ1) is 10.3. The van der Waals surface area contributed by atoms with Gasteiger partial charge in [0.05, 0.1) is 6.61 Å². The standard InChI is InChI=1S/C19H33NO/c1-3-5-7-12-19(13-8-6-4-2)20-15-17-10-9-11-18(14-17)16-21/h9-11,14,19-21H,3-8,12-13,15-16H2,1-2H3. The Balaban J connectivity index is 2.41. The molecule has 0 unspecified atom stereocenters. The van der Waals surface area contributed by atoms with E-state index >= 15 is 0 Å². The molecule has 0 aliphatic rings. The minimum absolute atomic E-state index is 0.129. The van der Waals surface area contributed by atoms with E-state index in [2.05, 4.69) is 31.3 Å². The van der Waals surface area contributed by atoms with Crippen LogP contribution in [0.3, 0.4) is 0 Å². The van der Waals surface area contributed by atoms with Crippen molar-refractivity contribution in [1.29, 1.82) is 0 Å². The van der Waals surface area contributed by atoms with E-state index in [4.69, 9.17) is 0 Å². The average molecular weight is 291 g/mol. The molecule has 1 rings (SSSR count). The molecule has 1 aromatic carbocycles. The molecule has 0 amide bonds. The lowest BCUT2D eigenvalue weighted by Gasteiger charge is -2.19. The second kappa shape index (κ2) is 11.8. The van der Waals surface area contributed by atoms with Crippen LogP contribution in [0.25, 0.3) is 0 Å². The van der Waals surface area contributed by atoms with Crippen LogP contribution in [-0.2, 0) is 13.2 Å². The summed E-state index contributed by atoms with van der Waals surface area (Å²) in [5.41, 5.74) is 2.28. The molecule has 0 radical (unpaired) electrons. The quantitative estimate of drug-likeness (QED) is 0.542. The monoisotopic (exact) mass is 291 g/mol. The molecule has 0 aromatic heterocycles. The molecule has 0 heterocycles. The summed E-state index contributed by atoms with van der Waals surface area (Å²) in [5.74, 6) is 0. The van der Waals surface area contributed by atoms with Crippen LogP contribution in [0.4, 0.5) is 0 Å². The summed E-state index contributed by atoms with van der Waals surface area (Å²) in [6, 6.07) is 8.89. The molecule has 120 valence electrons. The van der Waals surface area contributed by atoms with Crippen molar-refractivity contribution in [3.63, 3.8) is 0 Å². The molecule has 2 nitrogen and oxygen atoms in total. The lowest BCUT2D eigenvalue weighted by molar-refractivity contribution is 0.281. The molecular weight excluding hydrogens is 258 g/mol. The van der Waals surface area contributed by atoms with Crippen molar-refractivity contribution < 1.29 is 5.11 Å². The van der Waals surface area contributed by atoms with E-state index < -0.39 is 0 Å². The van der Waals surface area contributed by atoms with E-state index in [9.17, 15) is 5.11 Å². The first kappa shape index (κ1) is 18.2. The minimum atomic E-state index is 0.129. The summed E-state index contributed by atoms with van der Waals surface area (Å²) in [5, 5.41) is 12.9. The summed E-state index contributed by atoms with van der Waals surface area (Å²) in [6.07, 6.45) is 10.5. The van der Waals surface area contributed by atoms with Gasteiger partial charge in [-0.3, -0.25) is 0 Å². The number of aliphatic hydroxyl groups excluding tert-OH is 1. The van der Waals surface area contributed by atoms with E-state index in [1.54, 1.807) is 0 Å². The van der Waals surface area contributed by atoms with Crippen LogP contribution in [0.15, 0.2) is 24.3 Å². The number of hydrogen-bond acceptors (Lipinski definition) is 2. The first-order valence-electron chi connectivity index (χ1n) is 8.72. The highest BCUT2D eigenvalue weighted by atomic mass is 16.3. The zero-order valence-electron chi connectivity index (χ0n) is 13.9. The van der Waals surface area contributed by atoms with Gasteiger partial charge >= 0.3 is 0 Å². The highest BCUT2D eigenvalue weighted by molar-refractivity contribution is 5.22. The highest BCUT2D eigenvalue weighted by Crippen LogP contribution is 2.12. The van der Waals surface area contributed by atoms with E-state index in [1.807, 2.05) is 12.1 Å². The van der Waals surface area contributed by atoms with E-state index in [0.29, 0.717) is 6.04 Å². The van der Waals surface area contributed by atoms with E-state index in [-0.39, 0.29) is 6.61 Å². The molecule has 0 saturated carbocycles. The molecule has 0 saturated heterocycles. The van der Waals surface area contributed by atoms with Gasteiger partial charge in [0.25, 0.3) is 0 Å². The smallest absolute Gasteiger partial charge is 0.0681 e. The predicted molar refractivity (Wildman–Crippen MR) is 91.3 cm³/mol. The van der Waals surface area contributed by atoms with Crippen molar-refractivity contribution in [2.24, 2.45) is 0 Å². The summed E-state index contributed by atoms with van der Waals surface area (Å²) in [6.45, 7) is 5.57. The Hall–Kier alpha value is -0.860. The van der Waals surface area contributed by atoms with Gasteiger partial charge in [0, 0.05) is 12.6 Å². The SMILES string of the molecule is CCCCCC(CCCCC)NCc1cccc(CO)c1. The van der Waals surface area contributed by atoms with Crippen LogP contribution in [0, 0.1) is 0 Å². The molecular formula is C19H33NO. The van der Waals surface area contributed by atoms with E-state index in [1.165, 1.54) is 56.9 Å². The van der Waals surface area contributed by atoms with Crippen LogP contribution in [0.2, 0.25) is 0 Å². The molecule has 0 fully saturated rings. The fourth-order valence-electron chi connectivity index (χ4n) is 2.73. The van der Waals surface area contributed by atoms with Crippen LogP contribution in [-0.4, -0.2) is 11.1 Å². The fourth-order valence-corrected chi connectivity index (χ4v) is 2.73. The fraction of sp³-hybridized carbons (Fsp3) is 0.684. The largest absolute Gasteiger partial charge is 0.392 e. The van der Waals surface area contributed by atoms with Gasteiger partial charge in [-0.25, -0.2) is 0 Å². The third kappa shape index (κ3) is 8.23. The Morgan fingerprint density at radius 2 is 1.57 bits per heavy atom. The normalized spacial score (nSPS) is 11.2. The van der Waals surface area contributed by atoms with Crippen molar-refractivity contribution in [2.45, 2.75) is 84.4 Å². The van der Waals surface area contributed by atoms with Crippen LogP contribution in [0.1, 0.15) is 76.3 Å². The summed E-state index contributed by atoms with van der Waals surface area (Å²) in [4.78, 5) is 0.